The first-order valence-corrected chi connectivity index (χ1v) is 7.35. The van der Waals surface area contributed by atoms with Gasteiger partial charge < -0.3 is 20.5 Å². The molecule has 0 radical (unpaired) electrons. The number of anilines is 1. The second-order valence-electron chi connectivity index (χ2n) is 5.01. The molecule has 0 saturated heterocycles. The third-order valence-electron chi connectivity index (χ3n) is 3.30. The van der Waals surface area contributed by atoms with E-state index in [-0.39, 0.29) is 11.8 Å². The predicted molar refractivity (Wildman–Crippen MR) is 84.1 cm³/mol. The fraction of sp³-hybridized carbons (Fsp3) is 0.562. The molecule has 1 rings (SSSR count). The molecule has 1 aromatic rings. The topological polar surface area (TPSA) is 73.6 Å². The first-order chi connectivity index (χ1) is 10.2. The van der Waals surface area contributed by atoms with Gasteiger partial charge in [-0.2, -0.15) is 0 Å². The van der Waals surface area contributed by atoms with Gasteiger partial charge in [0.25, 0.3) is 0 Å². The Labute approximate surface area is 126 Å². The molecule has 0 spiro atoms. The van der Waals surface area contributed by atoms with Gasteiger partial charge in [-0.25, -0.2) is 0 Å². The second kappa shape index (κ2) is 10.3. The third-order valence-corrected chi connectivity index (χ3v) is 3.30. The molecule has 0 heterocycles. The van der Waals surface area contributed by atoms with Gasteiger partial charge in [-0.05, 0) is 30.2 Å². The maximum Gasteiger partial charge on any atom is 0.224 e. The number of carbonyl (C=O) groups is 1. The molecule has 0 aliphatic carbocycles. The molecular weight excluding hydrogens is 268 g/mol. The van der Waals surface area contributed by atoms with Gasteiger partial charge in [0.15, 0.2) is 0 Å². The maximum atomic E-state index is 11.9. The molecule has 3 N–H and O–H groups in total. The average molecular weight is 294 g/mol. The molecule has 0 aliphatic heterocycles. The van der Waals surface area contributed by atoms with Crippen molar-refractivity contribution in [3.05, 3.63) is 29.8 Å². The van der Waals surface area contributed by atoms with Crippen LogP contribution >= 0.6 is 0 Å². The van der Waals surface area contributed by atoms with Crippen LogP contribution in [0.5, 0.6) is 0 Å². The van der Waals surface area contributed by atoms with Crippen LogP contribution in [0.25, 0.3) is 0 Å². The van der Waals surface area contributed by atoms with Crippen LogP contribution < -0.4 is 11.1 Å². The van der Waals surface area contributed by atoms with Crippen LogP contribution in [0.15, 0.2) is 24.3 Å². The zero-order valence-corrected chi connectivity index (χ0v) is 12.9. The molecule has 5 nitrogen and oxygen atoms in total. The molecule has 0 aromatic heterocycles. The summed E-state index contributed by atoms with van der Waals surface area (Å²) in [6, 6.07) is 7.68. The predicted octanol–water partition coefficient (Wildman–Crippen LogP) is 2.16. The molecule has 21 heavy (non-hydrogen) atoms. The number of carbonyl (C=O) groups excluding carboxylic acids is 1. The van der Waals surface area contributed by atoms with E-state index in [0.29, 0.717) is 32.8 Å². The Bertz CT molecular complexity index is 420. The zero-order chi connectivity index (χ0) is 15.5. The van der Waals surface area contributed by atoms with Crippen LogP contribution in [-0.2, 0) is 20.9 Å². The van der Waals surface area contributed by atoms with Gasteiger partial charge in [0.05, 0.1) is 19.8 Å². The number of ether oxygens (including phenoxy) is 2. The molecule has 5 heteroatoms. The molecule has 118 valence electrons. The fourth-order valence-corrected chi connectivity index (χ4v) is 1.94. The van der Waals surface area contributed by atoms with Gasteiger partial charge in [-0.3, -0.25) is 4.79 Å². The van der Waals surface area contributed by atoms with E-state index in [2.05, 4.69) is 5.32 Å². The largest absolute Gasteiger partial charge is 0.382 e. The van der Waals surface area contributed by atoms with Crippen LogP contribution in [-0.4, -0.2) is 32.8 Å². The van der Waals surface area contributed by atoms with Crippen molar-refractivity contribution in [1.29, 1.82) is 0 Å². The summed E-state index contributed by atoms with van der Waals surface area (Å²) in [5, 5.41) is 2.91. The molecule has 0 fully saturated rings. The highest BCUT2D eigenvalue weighted by molar-refractivity contribution is 5.90. The lowest BCUT2D eigenvalue weighted by Gasteiger charge is -2.12. The summed E-state index contributed by atoms with van der Waals surface area (Å²) < 4.78 is 10.4. The molecule has 1 atom stereocenters. The summed E-state index contributed by atoms with van der Waals surface area (Å²) in [5.41, 5.74) is 7.44. The minimum atomic E-state index is 0.00440. The number of amides is 1. The highest BCUT2D eigenvalue weighted by atomic mass is 16.5. The quantitative estimate of drug-likeness (QED) is 0.649. The lowest BCUT2D eigenvalue weighted by Crippen LogP contribution is -2.21. The van der Waals surface area contributed by atoms with Crippen molar-refractivity contribution in [2.24, 2.45) is 11.7 Å². The normalized spacial score (nSPS) is 12.1. The summed E-state index contributed by atoms with van der Waals surface area (Å²) in [6.45, 7) is 4.23. The highest BCUT2D eigenvalue weighted by Gasteiger charge is 2.10. The summed E-state index contributed by atoms with van der Waals surface area (Å²) in [4.78, 5) is 11.9. The van der Waals surface area contributed by atoms with Crippen LogP contribution in [0.4, 0.5) is 5.69 Å². The molecule has 1 amide bonds. The van der Waals surface area contributed by atoms with Crippen LogP contribution in [0.3, 0.4) is 0 Å². The number of methoxy groups -OCH3 is 1. The first-order valence-electron chi connectivity index (χ1n) is 7.35. The van der Waals surface area contributed by atoms with E-state index >= 15 is 0 Å². The highest BCUT2D eigenvalue weighted by Crippen LogP contribution is 2.14. The average Bonchev–Trinajstić information content (AvgIpc) is 2.49. The number of hydrogen-bond acceptors (Lipinski definition) is 4. The molecular formula is C16H26N2O3. The summed E-state index contributed by atoms with van der Waals surface area (Å²) >= 11 is 0. The van der Waals surface area contributed by atoms with Gasteiger partial charge in [0.1, 0.15) is 0 Å². The Hall–Kier alpha value is -1.43. The molecule has 0 saturated carbocycles. The maximum absolute atomic E-state index is 11.9. The van der Waals surface area contributed by atoms with Crippen molar-refractivity contribution in [1.82, 2.24) is 0 Å². The van der Waals surface area contributed by atoms with Gasteiger partial charge >= 0.3 is 0 Å². The van der Waals surface area contributed by atoms with Crippen molar-refractivity contribution < 1.29 is 14.3 Å². The Morgan fingerprint density at radius 2 is 2.19 bits per heavy atom. The molecule has 0 bridgehead atoms. The van der Waals surface area contributed by atoms with Crippen molar-refractivity contribution >= 4 is 11.6 Å². The smallest absolute Gasteiger partial charge is 0.224 e. The van der Waals surface area contributed by atoms with Crippen molar-refractivity contribution in [3.8, 4) is 0 Å². The van der Waals surface area contributed by atoms with Crippen molar-refractivity contribution in [2.45, 2.75) is 26.4 Å². The first kappa shape index (κ1) is 17.6. The van der Waals surface area contributed by atoms with Gasteiger partial charge in [-0.15, -0.1) is 0 Å². The third kappa shape index (κ3) is 7.22. The number of nitrogens with one attached hydrogen (secondary N) is 1. The molecule has 1 unspecified atom stereocenters. The summed E-state index contributed by atoms with van der Waals surface area (Å²) in [7, 11) is 1.64. The monoisotopic (exact) mass is 294 g/mol. The number of nitrogens with two attached hydrogens (primary N) is 1. The van der Waals surface area contributed by atoms with E-state index in [1.165, 1.54) is 0 Å². The minimum absolute atomic E-state index is 0.00440. The number of hydrogen-bond donors (Lipinski definition) is 2. The van der Waals surface area contributed by atoms with Gasteiger partial charge in [-0.1, -0.05) is 25.5 Å². The lowest BCUT2D eigenvalue weighted by molar-refractivity contribution is -0.117. The fourth-order valence-electron chi connectivity index (χ4n) is 1.94. The van der Waals surface area contributed by atoms with E-state index in [1.54, 1.807) is 7.11 Å². The second-order valence-corrected chi connectivity index (χ2v) is 5.01. The Morgan fingerprint density at radius 3 is 2.86 bits per heavy atom. The van der Waals surface area contributed by atoms with Crippen molar-refractivity contribution in [2.75, 3.05) is 32.2 Å². The lowest BCUT2D eigenvalue weighted by atomic mass is 10.0. The number of rotatable bonds is 10. The Balaban J connectivity index is 2.46. The minimum Gasteiger partial charge on any atom is -0.382 e. The van der Waals surface area contributed by atoms with E-state index in [9.17, 15) is 4.79 Å². The van der Waals surface area contributed by atoms with Crippen LogP contribution in [0.2, 0.25) is 0 Å². The standard InChI is InChI=1S/C16H26N2O3/c1-3-13(11-17)10-16(19)18-15-6-4-5-14(9-15)12-21-8-7-20-2/h4-6,9,13H,3,7-8,10-12,17H2,1-2H3,(H,18,19). The van der Waals surface area contributed by atoms with Crippen LogP contribution in [0, 0.1) is 5.92 Å². The SMILES string of the molecule is CCC(CN)CC(=O)Nc1cccc(COCCOC)c1. The van der Waals surface area contributed by atoms with Gasteiger partial charge in [0, 0.05) is 19.2 Å². The van der Waals surface area contributed by atoms with Gasteiger partial charge in [0.2, 0.25) is 5.91 Å². The van der Waals surface area contributed by atoms with Crippen LogP contribution in [0.1, 0.15) is 25.3 Å². The number of benzene rings is 1. The summed E-state index contributed by atoms with van der Waals surface area (Å²) in [5.74, 6) is 0.246. The van der Waals surface area contributed by atoms with E-state index < -0.39 is 0 Å². The molecule has 0 aliphatic rings. The van der Waals surface area contributed by atoms with Crippen molar-refractivity contribution in [3.63, 3.8) is 0 Å². The Morgan fingerprint density at radius 1 is 1.38 bits per heavy atom. The zero-order valence-electron chi connectivity index (χ0n) is 12.9. The van der Waals surface area contributed by atoms with E-state index in [4.69, 9.17) is 15.2 Å². The van der Waals surface area contributed by atoms with E-state index in [0.717, 1.165) is 17.7 Å². The van der Waals surface area contributed by atoms with E-state index in [1.807, 2.05) is 31.2 Å². The molecule has 1 aromatic carbocycles. The Kier molecular flexibility index (Phi) is 8.66. The summed E-state index contributed by atoms with van der Waals surface area (Å²) in [6.07, 6.45) is 1.37.